The quantitative estimate of drug-likeness (QED) is 0.752. The second-order valence-corrected chi connectivity index (χ2v) is 7.59. The molecule has 2 unspecified atom stereocenters. The van der Waals surface area contributed by atoms with Gasteiger partial charge in [-0.2, -0.15) is 0 Å². The Hall–Kier alpha value is -0.710. The van der Waals surface area contributed by atoms with Crippen molar-refractivity contribution in [2.75, 3.05) is 0 Å². The zero-order chi connectivity index (χ0) is 14.8. The number of carboxylic acids is 1. The monoisotopic (exact) mass is 313 g/mol. The molecule has 1 aromatic carbocycles. The lowest BCUT2D eigenvalue weighted by molar-refractivity contribution is -0.144. The molecule has 1 fully saturated rings. The molecule has 5 heteroatoms. The van der Waals surface area contributed by atoms with E-state index in [1.165, 1.54) is 0 Å². The Bertz CT molecular complexity index is 475. The van der Waals surface area contributed by atoms with E-state index in [2.05, 4.69) is 12.2 Å². The summed E-state index contributed by atoms with van der Waals surface area (Å²) in [6, 6.07) is 8.03. The van der Waals surface area contributed by atoms with E-state index in [1.807, 2.05) is 24.3 Å². The van der Waals surface area contributed by atoms with Gasteiger partial charge in [-0.25, -0.2) is 0 Å². The van der Waals surface area contributed by atoms with Gasteiger partial charge >= 0.3 is 5.97 Å². The predicted octanol–water partition coefficient (Wildman–Crippen LogP) is 3.81. The van der Waals surface area contributed by atoms with Crippen LogP contribution in [0.4, 0.5) is 0 Å². The van der Waals surface area contributed by atoms with E-state index in [0.29, 0.717) is 17.5 Å². The minimum absolute atomic E-state index is 0.212. The summed E-state index contributed by atoms with van der Waals surface area (Å²) in [6.45, 7) is 3.85. The van der Waals surface area contributed by atoms with Crippen molar-refractivity contribution in [2.45, 2.75) is 54.8 Å². The summed E-state index contributed by atoms with van der Waals surface area (Å²) in [4.78, 5) is 12.6. The van der Waals surface area contributed by atoms with Gasteiger partial charge in [0.25, 0.3) is 0 Å². The van der Waals surface area contributed by atoms with Crippen LogP contribution in [0, 0.1) is 0 Å². The van der Waals surface area contributed by atoms with Crippen LogP contribution in [0.5, 0.6) is 0 Å². The first kappa shape index (κ1) is 15.7. The number of carbonyl (C=O) groups is 1. The number of carboxylic acid groups (broad SMARTS) is 1. The van der Waals surface area contributed by atoms with E-state index in [0.717, 1.165) is 17.7 Å². The fraction of sp³-hybridized carbons (Fsp3) is 0.533. The molecule has 0 heterocycles. The van der Waals surface area contributed by atoms with Crippen molar-refractivity contribution in [3.05, 3.63) is 29.3 Å². The molecule has 0 amide bonds. The molecular formula is C15H20ClNO2S. The van der Waals surface area contributed by atoms with Crippen molar-refractivity contribution in [3.63, 3.8) is 0 Å². The molecule has 1 aliphatic rings. The lowest BCUT2D eigenvalue weighted by Gasteiger charge is -2.29. The third-order valence-electron chi connectivity index (χ3n) is 3.42. The molecule has 0 radical (unpaired) electrons. The SMILES string of the molecule is CC(CC(C)(NC1CC1)C(=O)O)Sc1ccc(Cl)cc1. The smallest absolute Gasteiger partial charge is 0.323 e. The molecule has 0 saturated heterocycles. The van der Waals surface area contributed by atoms with Gasteiger partial charge in [0.05, 0.1) is 0 Å². The molecule has 2 N–H and O–H groups in total. The summed E-state index contributed by atoms with van der Waals surface area (Å²) < 4.78 is 0. The van der Waals surface area contributed by atoms with Crippen LogP contribution >= 0.6 is 23.4 Å². The van der Waals surface area contributed by atoms with E-state index in [9.17, 15) is 9.90 Å². The molecule has 2 rings (SSSR count). The third-order valence-corrected chi connectivity index (χ3v) is 4.78. The van der Waals surface area contributed by atoms with Crippen LogP contribution in [0.1, 0.15) is 33.1 Å². The third kappa shape index (κ3) is 4.40. The summed E-state index contributed by atoms with van der Waals surface area (Å²) >= 11 is 7.55. The maximum atomic E-state index is 11.5. The number of aliphatic carboxylic acids is 1. The van der Waals surface area contributed by atoms with Crippen LogP contribution in [0.15, 0.2) is 29.2 Å². The summed E-state index contributed by atoms with van der Waals surface area (Å²) in [6.07, 6.45) is 2.76. The summed E-state index contributed by atoms with van der Waals surface area (Å²) in [5.41, 5.74) is -0.847. The molecule has 1 aromatic rings. The lowest BCUT2D eigenvalue weighted by atomic mass is 9.96. The fourth-order valence-corrected chi connectivity index (χ4v) is 3.55. The Morgan fingerprint density at radius 2 is 2.10 bits per heavy atom. The first-order valence-corrected chi connectivity index (χ1v) is 8.08. The van der Waals surface area contributed by atoms with Crippen LogP contribution in [-0.4, -0.2) is 27.9 Å². The zero-order valence-electron chi connectivity index (χ0n) is 11.7. The van der Waals surface area contributed by atoms with Gasteiger partial charge in [-0.3, -0.25) is 10.1 Å². The van der Waals surface area contributed by atoms with Crippen molar-refractivity contribution in [3.8, 4) is 0 Å². The number of hydrogen-bond donors (Lipinski definition) is 2. The number of halogens is 1. The first-order chi connectivity index (χ1) is 9.39. The Morgan fingerprint density at radius 1 is 1.50 bits per heavy atom. The highest BCUT2D eigenvalue weighted by Gasteiger charge is 2.39. The van der Waals surface area contributed by atoms with Crippen LogP contribution in [0.2, 0.25) is 5.02 Å². The highest BCUT2D eigenvalue weighted by Crippen LogP contribution is 2.31. The van der Waals surface area contributed by atoms with Gasteiger partial charge in [0.2, 0.25) is 0 Å². The molecule has 2 atom stereocenters. The van der Waals surface area contributed by atoms with Crippen molar-refractivity contribution in [1.82, 2.24) is 5.32 Å². The summed E-state index contributed by atoms with van der Waals surface area (Å²) in [5.74, 6) is -0.770. The van der Waals surface area contributed by atoms with Crippen LogP contribution in [-0.2, 0) is 4.79 Å². The van der Waals surface area contributed by atoms with E-state index >= 15 is 0 Å². The Labute approximate surface area is 129 Å². The standard InChI is InChI=1S/C15H20ClNO2S/c1-10(20-13-7-3-11(16)4-8-13)9-15(2,14(18)19)17-12-5-6-12/h3-4,7-8,10,12,17H,5-6,9H2,1-2H3,(H,18,19). The van der Waals surface area contributed by atoms with E-state index in [1.54, 1.807) is 18.7 Å². The van der Waals surface area contributed by atoms with Crippen molar-refractivity contribution in [2.24, 2.45) is 0 Å². The molecular weight excluding hydrogens is 294 g/mol. The number of benzene rings is 1. The summed E-state index contributed by atoms with van der Waals surface area (Å²) in [5, 5.41) is 13.7. The van der Waals surface area contributed by atoms with Gasteiger partial charge in [-0.05, 0) is 50.5 Å². The Balaban J connectivity index is 1.95. The lowest BCUT2D eigenvalue weighted by Crippen LogP contribution is -2.51. The predicted molar refractivity (Wildman–Crippen MR) is 83.6 cm³/mol. The maximum absolute atomic E-state index is 11.5. The van der Waals surface area contributed by atoms with Gasteiger partial charge in [0.15, 0.2) is 0 Å². The van der Waals surface area contributed by atoms with Crippen LogP contribution in [0.25, 0.3) is 0 Å². The number of thioether (sulfide) groups is 1. The fourth-order valence-electron chi connectivity index (χ4n) is 2.25. The second-order valence-electron chi connectivity index (χ2n) is 5.64. The highest BCUT2D eigenvalue weighted by atomic mass is 35.5. The Kier molecular flexibility index (Phi) is 4.99. The normalized spacial score (nSPS) is 19.4. The zero-order valence-corrected chi connectivity index (χ0v) is 13.3. The minimum Gasteiger partial charge on any atom is -0.480 e. The Morgan fingerprint density at radius 3 is 2.60 bits per heavy atom. The van der Waals surface area contributed by atoms with E-state index < -0.39 is 11.5 Å². The molecule has 1 aliphatic carbocycles. The van der Waals surface area contributed by atoms with Gasteiger partial charge in [0.1, 0.15) is 5.54 Å². The molecule has 1 saturated carbocycles. The molecule has 0 bridgehead atoms. The number of nitrogens with one attached hydrogen (secondary N) is 1. The number of hydrogen-bond acceptors (Lipinski definition) is 3. The largest absolute Gasteiger partial charge is 0.480 e. The van der Waals surface area contributed by atoms with Gasteiger partial charge in [-0.1, -0.05) is 18.5 Å². The average Bonchev–Trinajstić information content (AvgIpc) is 3.15. The van der Waals surface area contributed by atoms with Gasteiger partial charge in [-0.15, -0.1) is 11.8 Å². The van der Waals surface area contributed by atoms with E-state index in [-0.39, 0.29) is 5.25 Å². The topological polar surface area (TPSA) is 49.3 Å². The van der Waals surface area contributed by atoms with Gasteiger partial charge < -0.3 is 5.11 Å². The van der Waals surface area contributed by atoms with Crippen LogP contribution < -0.4 is 5.32 Å². The molecule has 0 aliphatic heterocycles. The first-order valence-electron chi connectivity index (χ1n) is 6.82. The van der Waals surface area contributed by atoms with Gasteiger partial charge in [0, 0.05) is 21.2 Å². The van der Waals surface area contributed by atoms with Crippen LogP contribution in [0.3, 0.4) is 0 Å². The molecule has 110 valence electrons. The van der Waals surface area contributed by atoms with Crippen molar-refractivity contribution in [1.29, 1.82) is 0 Å². The average molecular weight is 314 g/mol. The highest BCUT2D eigenvalue weighted by molar-refractivity contribution is 7.99. The summed E-state index contributed by atoms with van der Waals surface area (Å²) in [7, 11) is 0. The second kappa shape index (κ2) is 6.37. The minimum atomic E-state index is -0.847. The molecule has 20 heavy (non-hydrogen) atoms. The maximum Gasteiger partial charge on any atom is 0.323 e. The van der Waals surface area contributed by atoms with Crippen molar-refractivity contribution >= 4 is 29.3 Å². The number of rotatable bonds is 7. The molecule has 3 nitrogen and oxygen atoms in total. The molecule has 0 spiro atoms. The molecule has 0 aromatic heterocycles. The van der Waals surface area contributed by atoms with E-state index in [4.69, 9.17) is 11.6 Å². The van der Waals surface area contributed by atoms with Crippen molar-refractivity contribution < 1.29 is 9.90 Å².